The molecule has 1 radical (unpaired) electrons. The maximum atomic E-state index is 5.32. The minimum Gasteiger partial charge on any atom is -0.384 e. The summed E-state index contributed by atoms with van der Waals surface area (Å²) < 4.78 is 0.464. The Morgan fingerprint density at radius 3 is 2.27 bits per heavy atom. The average Bonchev–Trinajstić information content (AvgIpc) is 1.88. The van der Waals surface area contributed by atoms with E-state index in [-0.39, 0.29) is 51.4 Å². The Morgan fingerprint density at radius 2 is 1.82 bits per heavy atom. The summed E-state index contributed by atoms with van der Waals surface area (Å²) in [5, 5.41) is 0. The SMILES string of the molecule is NC(=S)Sc1ccccc1.[K]. The first-order valence-electron chi connectivity index (χ1n) is 2.81. The second-order valence-electron chi connectivity index (χ2n) is 1.73. The van der Waals surface area contributed by atoms with E-state index in [1.54, 1.807) is 0 Å². The summed E-state index contributed by atoms with van der Waals surface area (Å²) in [5.74, 6) is 0. The maximum absolute atomic E-state index is 5.32. The Morgan fingerprint density at radius 1 is 1.27 bits per heavy atom. The maximum Gasteiger partial charge on any atom is 0.135 e. The molecule has 1 aromatic carbocycles. The van der Waals surface area contributed by atoms with Crippen molar-refractivity contribution in [2.75, 3.05) is 0 Å². The molecule has 0 amide bonds. The van der Waals surface area contributed by atoms with E-state index >= 15 is 0 Å². The van der Waals surface area contributed by atoms with Crippen LogP contribution in [0.1, 0.15) is 0 Å². The van der Waals surface area contributed by atoms with Crippen molar-refractivity contribution in [2.45, 2.75) is 4.90 Å². The van der Waals surface area contributed by atoms with E-state index in [1.165, 1.54) is 11.8 Å². The fourth-order valence-electron chi connectivity index (χ4n) is 0.605. The Balaban J connectivity index is 0.000001000. The molecule has 2 N–H and O–H groups in total. The van der Waals surface area contributed by atoms with Gasteiger partial charge < -0.3 is 5.73 Å². The van der Waals surface area contributed by atoms with Gasteiger partial charge in [0.25, 0.3) is 0 Å². The number of benzene rings is 1. The minimum absolute atomic E-state index is 0. The molecule has 0 aliphatic carbocycles. The molecule has 0 aromatic heterocycles. The average molecular weight is 208 g/mol. The Labute approximate surface area is 119 Å². The van der Waals surface area contributed by atoms with E-state index in [9.17, 15) is 0 Å². The van der Waals surface area contributed by atoms with Gasteiger partial charge in [-0.05, 0) is 12.1 Å². The number of thiocarbonyl (C=S) groups is 1. The third kappa shape index (κ3) is 5.35. The molecule has 0 heterocycles. The normalized spacial score (nSPS) is 8.36. The van der Waals surface area contributed by atoms with Gasteiger partial charge in [0.15, 0.2) is 0 Å². The molecule has 4 heteroatoms. The van der Waals surface area contributed by atoms with E-state index in [1.807, 2.05) is 30.3 Å². The summed E-state index contributed by atoms with van der Waals surface area (Å²) in [7, 11) is 0. The molecule has 0 unspecified atom stereocenters. The van der Waals surface area contributed by atoms with Crippen molar-refractivity contribution in [3.8, 4) is 0 Å². The first-order valence-corrected chi connectivity index (χ1v) is 4.04. The van der Waals surface area contributed by atoms with Gasteiger partial charge in [-0.3, -0.25) is 0 Å². The third-order valence-corrected chi connectivity index (χ3v) is 1.92. The second kappa shape index (κ2) is 6.59. The zero-order valence-electron chi connectivity index (χ0n) is 6.28. The van der Waals surface area contributed by atoms with Crippen molar-refractivity contribution in [1.29, 1.82) is 0 Å². The molecule has 0 saturated heterocycles. The molecule has 0 bridgehead atoms. The monoisotopic (exact) mass is 208 g/mol. The van der Waals surface area contributed by atoms with Crippen LogP contribution in [0.15, 0.2) is 35.2 Å². The first kappa shape index (κ1) is 12.1. The van der Waals surface area contributed by atoms with E-state index in [0.717, 1.165) is 4.90 Å². The number of hydrogen-bond donors (Lipinski definition) is 1. The summed E-state index contributed by atoms with van der Waals surface area (Å²) >= 11 is 6.13. The van der Waals surface area contributed by atoms with Gasteiger partial charge >= 0.3 is 0 Å². The number of hydrogen-bond acceptors (Lipinski definition) is 2. The molecule has 1 aromatic rings. The molecule has 0 atom stereocenters. The minimum atomic E-state index is 0. The van der Waals surface area contributed by atoms with Crippen LogP contribution in [0.2, 0.25) is 0 Å². The van der Waals surface area contributed by atoms with Crippen LogP contribution in [0, 0.1) is 0 Å². The standard InChI is InChI=1S/C7H7NS2.K/c8-7(9)10-6-4-2-1-3-5-6;/h1-5H,(H2,8,9);. The third-order valence-electron chi connectivity index (χ3n) is 0.962. The predicted molar refractivity (Wildman–Crippen MR) is 54.8 cm³/mol. The quantitative estimate of drug-likeness (QED) is 0.432. The van der Waals surface area contributed by atoms with Gasteiger partial charge in [0.1, 0.15) is 4.32 Å². The molecule has 1 rings (SSSR count). The Kier molecular flexibility index (Phi) is 7.25. The van der Waals surface area contributed by atoms with E-state index < -0.39 is 0 Å². The van der Waals surface area contributed by atoms with Crippen molar-refractivity contribution in [3.05, 3.63) is 30.3 Å². The molecular formula is C7H7KNS2. The van der Waals surface area contributed by atoms with Crippen LogP contribution >= 0.6 is 24.0 Å². The van der Waals surface area contributed by atoms with Crippen molar-refractivity contribution in [2.24, 2.45) is 5.73 Å². The van der Waals surface area contributed by atoms with Gasteiger partial charge in [0.2, 0.25) is 0 Å². The molecule has 0 saturated carbocycles. The van der Waals surface area contributed by atoms with E-state index in [0.29, 0.717) is 4.32 Å². The van der Waals surface area contributed by atoms with Crippen molar-refractivity contribution in [3.63, 3.8) is 0 Å². The van der Waals surface area contributed by atoms with Gasteiger partial charge in [-0.2, -0.15) is 0 Å². The predicted octanol–water partition coefficient (Wildman–Crippen LogP) is 1.64. The van der Waals surface area contributed by atoms with E-state index in [2.05, 4.69) is 0 Å². The zero-order valence-corrected chi connectivity index (χ0v) is 11.0. The topological polar surface area (TPSA) is 26.0 Å². The van der Waals surface area contributed by atoms with Crippen LogP contribution in [0.4, 0.5) is 0 Å². The Bertz CT molecular complexity index is 225. The molecule has 0 spiro atoms. The molecule has 0 aliphatic heterocycles. The van der Waals surface area contributed by atoms with Crippen LogP contribution in [-0.4, -0.2) is 55.7 Å². The summed E-state index contributed by atoms with van der Waals surface area (Å²) in [6.45, 7) is 0. The van der Waals surface area contributed by atoms with Crippen LogP contribution < -0.4 is 5.73 Å². The van der Waals surface area contributed by atoms with Crippen LogP contribution in [0.3, 0.4) is 0 Å². The molecule has 53 valence electrons. The fraction of sp³-hybridized carbons (Fsp3) is 0. The summed E-state index contributed by atoms with van der Waals surface area (Å²) in [4.78, 5) is 1.09. The van der Waals surface area contributed by atoms with Gasteiger partial charge in [-0.1, -0.05) is 42.2 Å². The summed E-state index contributed by atoms with van der Waals surface area (Å²) in [5.41, 5.74) is 5.32. The zero-order chi connectivity index (χ0) is 7.40. The van der Waals surface area contributed by atoms with Gasteiger partial charge in [-0.15, -0.1) is 0 Å². The Hall–Kier alpha value is 1.10. The van der Waals surface area contributed by atoms with Crippen LogP contribution in [-0.2, 0) is 0 Å². The van der Waals surface area contributed by atoms with Crippen molar-refractivity contribution < 1.29 is 0 Å². The molecule has 1 nitrogen and oxygen atoms in total. The van der Waals surface area contributed by atoms with Crippen LogP contribution in [0.5, 0.6) is 0 Å². The molecule has 0 fully saturated rings. The molecular weight excluding hydrogens is 201 g/mol. The largest absolute Gasteiger partial charge is 0.384 e. The summed E-state index contributed by atoms with van der Waals surface area (Å²) in [6.07, 6.45) is 0. The number of thioether (sulfide) groups is 1. The van der Waals surface area contributed by atoms with Crippen LogP contribution in [0.25, 0.3) is 0 Å². The van der Waals surface area contributed by atoms with Crippen molar-refractivity contribution in [1.82, 2.24) is 0 Å². The van der Waals surface area contributed by atoms with Crippen molar-refractivity contribution >= 4 is 79.7 Å². The van der Waals surface area contributed by atoms with Gasteiger partial charge in [0.05, 0.1) is 0 Å². The molecule has 11 heavy (non-hydrogen) atoms. The smallest absolute Gasteiger partial charge is 0.135 e. The van der Waals surface area contributed by atoms with E-state index in [4.69, 9.17) is 18.0 Å². The fourth-order valence-corrected chi connectivity index (χ4v) is 1.42. The molecule has 0 aliphatic rings. The summed E-state index contributed by atoms with van der Waals surface area (Å²) in [6, 6.07) is 9.83. The second-order valence-corrected chi connectivity index (χ2v) is 3.55. The van der Waals surface area contributed by atoms with Gasteiger partial charge in [0, 0.05) is 56.3 Å². The first-order chi connectivity index (χ1) is 4.79. The number of nitrogens with two attached hydrogens (primary N) is 1. The van der Waals surface area contributed by atoms with Gasteiger partial charge in [-0.25, -0.2) is 0 Å². The number of rotatable bonds is 1.